The summed E-state index contributed by atoms with van der Waals surface area (Å²) in [5.74, 6) is 0.357. The van der Waals surface area contributed by atoms with Crippen LogP contribution < -0.4 is 5.43 Å². The minimum Gasteiger partial charge on any atom is -0.469 e. The van der Waals surface area contributed by atoms with E-state index in [0.717, 1.165) is 37.0 Å². The third-order valence-electron chi connectivity index (χ3n) is 3.52. The molecule has 0 bridgehead atoms. The van der Waals surface area contributed by atoms with Crippen LogP contribution in [0.15, 0.2) is 52.2 Å². The van der Waals surface area contributed by atoms with Crippen LogP contribution in [0.25, 0.3) is 0 Å². The van der Waals surface area contributed by atoms with E-state index in [2.05, 4.69) is 17.5 Å². The predicted molar refractivity (Wildman–Crippen MR) is 88.0 cm³/mol. The molecule has 0 atom stereocenters. The number of nitrogens with one attached hydrogen (secondary N) is 1. The maximum atomic E-state index is 12.1. The van der Waals surface area contributed by atoms with Crippen molar-refractivity contribution in [2.75, 3.05) is 0 Å². The van der Waals surface area contributed by atoms with Crippen LogP contribution in [0.1, 0.15) is 54.3 Å². The summed E-state index contributed by atoms with van der Waals surface area (Å²) in [5.41, 5.74) is 5.11. The Bertz CT molecular complexity index is 630. The lowest BCUT2D eigenvalue weighted by Crippen LogP contribution is -2.20. The Labute approximate surface area is 131 Å². The van der Waals surface area contributed by atoms with Crippen LogP contribution in [0, 0.1) is 6.92 Å². The Hall–Kier alpha value is -2.36. The fourth-order valence-corrected chi connectivity index (χ4v) is 2.24. The summed E-state index contributed by atoms with van der Waals surface area (Å²) in [6, 6.07) is 11.6. The molecule has 0 fully saturated rings. The zero-order valence-corrected chi connectivity index (χ0v) is 13.1. The van der Waals surface area contributed by atoms with E-state index in [1.807, 2.05) is 30.3 Å². The Morgan fingerprint density at radius 2 is 1.95 bits per heavy atom. The molecule has 4 nitrogen and oxygen atoms in total. The quantitative estimate of drug-likeness (QED) is 0.470. The van der Waals surface area contributed by atoms with Crippen LogP contribution in [-0.4, -0.2) is 11.6 Å². The number of rotatable bonds is 7. The van der Waals surface area contributed by atoms with Gasteiger partial charge in [-0.25, -0.2) is 5.43 Å². The second-order valence-corrected chi connectivity index (χ2v) is 5.21. The molecule has 0 radical (unpaired) electrons. The number of furan rings is 1. The van der Waals surface area contributed by atoms with E-state index in [1.54, 1.807) is 13.0 Å². The van der Waals surface area contributed by atoms with Crippen LogP contribution in [0.3, 0.4) is 0 Å². The molecule has 0 aliphatic rings. The summed E-state index contributed by atoms with van der Waals surface area (Å²) in [5, 5.41) is 4.34. The number of carbonyl (C=O) groups excluding carboxylic acids is 1. The molecule has 0 saturated carbocycles. The number of hydrazone groups is 1. The van der Waals surface area contributed by atoms with Gasteiger partial charge in [0.05, 0.1) is 17.5 Å². The largest absolute Gasteiger partial charge is 0.469 e. The summed E-state index contributed by atoms with van der Waals surface area (Å²) in [6.45, 7) is 3.93. The highest BCUT2D eigenvalue weighted by atomic mass is 16.3. The number of amides is 1. The molecule has 0 aliphatic carbocycles. The molecule has 116 valence electrons. The van der Waals surface area contributed by atoms with Crippen molar-refractivity contribution in [3.63, 3.8) is 0 Å². The van der Waals surface area contributed by atoms with E-state index in [-0.39, 0.29) is 5.91 Å². The van der Waals surface area contributed by atoms with Gasteiger partial charge in [0.15, 0.2) is 0 Å². The molecule has 0 aliphatic heterocycles. The zero-order chi connectivity index (χ0) is 15.8. The molecule has 0 unspecified atom stereocenters. The Morgan fingerprint density at radius 3 is 2.59 bits per heavy atom. The van der Waals surface area contributed by atoms with Gasteiger partial charge < -0.3 is 4.42 Å². The van der Waals surface area contributed by atoms with Gasteiger partial charge >= 0.3 is 0 Å². The molecule has 4 heteroatoms. The van der Waals surface area contributed by atoms with E-state index in [4.69, 9.17) is 4.42 Å². The van der Waals surface area contributed by atoms with Crippen molar-refractivity contribution in [3.05, 3.63) is 59.5 Å². The molecule has 1 N–H and O–H groups in total. The molecule has 2 rings (SSSR count). The summed E-state index contributed by atoms with van der Waals surface area (Å²) in [7, 11) is 0. The second-order valence-electron chi connectivity index (χ2n) is 5.21. The van der Waals surface area contributed by atoms with Crippen molar-refractivity contribution < 1.29 is 9.21 Å². The number of carbonyl (C=O) groups is 1. The van der Waals surface area contributed by atoms with Crippen molar-refractivity contribution in [1.29, 1.82) is 0 Å². The smallest absolute Gasteiger partial charge is 0.274 e. The topological polar surface area (TPSA) is 54.6 Å². The summed E-state index contributed by atoms with van der Waals surface area (Å²) in [4.78, 5) is 12.1. The van der Waals surface area contributed by atoms with E-state index in [9.17, 15) is 4.79 Å². The van der Waals surface area contributed by atoms with Crippen molar-refractivity contribution in [2.45, 2.75) is 39.5 Å². The first-order chi connectivity index (χ1) is 10.7. The molecular weight excluding hydrogens is 276 g/mol. The third-order valence-corrected chi connectivity index (χ3v) is 3.52. The summed E-state index contributed by atoms with van der Waals surface area (Å²) in [6.07, 6.45) is 5.73. The number of hydrogen-bond donors (Lipinski definition) is 1. The summed E-state index contributed by atoms with van der Waals surface area (Å²) < 4.78 is 5.15. The molecule has 1 amide bonds. The van der Waals surface area contributed by atoms with E-state index >= 15 is 0 Å². The van der Waals surface area contributed by atoms with Gasteiger partial charge in [0.1, 0.15) is 5.76 Å². The Morgan fingerprint density at radius 1 is 1.18 bits per heavy atom. The number of aryl methyl sites for hydroxylation is 1. The molecule has 22 heavy (non-hydrogen) atoms. The lowest BCUT2D eigenvalue weighted by Gasteiger charge is -2.07. The minimum absolute atomic E-state index is 0.241. The first-order valence-corrected chi connectivity index (χ1v) is 7.68. The number of benzene rings is 1. The molecule has 1 aromatic carbocycles. The molecule has 0 saturated heterocycles. The molecule has 2 aromatic rings. The lowest BCUT2D eigenvalue weighted by molar-refractivity contribution is 0.0953. The normalized spacial score (nSPS) is 11.5. The first-order valence-electron chi connectivity index (χ1n) is 7.68. The van der Waals surface area contributed by atoms with Gasteiger partial charge in [0, 0.05) is 0 Å². The fourth-order valence-electron chi connectivity index (χ4n) is 2.24. The minimum atomic E-state index is -0.241. The first kappa shape index (κ1) is 16.0. The van der Waals surface area contributed by atoms with Crippen molar-refractivity contribution in [3.8, 4) is 0 Å². The van der Waals surface area contributed by atoms with E-state index in [0.29, 0.717) is 11.3 Å². The maximum absolute atomic E-state index is 12.1. The standard InChI is InChI=1S/C18H22N2O2/c1-3-4-6-11-17(15-9-7-5-8-10-15)19-20-18(21)16-12-13-22-14(16)2/h5,7-10,12-13H,3-4,6,11H2,1-2H3,(H,20,21)/b19-17+. The highest BCUT2D eigenvalue weighted by Crippen LogP contribution is 2.11. The van der Waals surface area contributed by atoms with Gasteiger partial charge in [-0.05, 0) is 31.4 Å². The number of hydrogen-bond acceptors (Lipinski definition) is 3. The second kappa shape index (κ2) is 8.17. The average molecular weight is 298 g/mol. The van der Waals surface area contributed by atoms with Gasteiger partial charge in [-0.2, -0.15) is 5.10 Å². The predicted octanol–water partition coefficient (Wildman–Crippen LogP) is 4.30. The molecule has 1 aromatic heterocycles. The van der Waals surface area contributed by atoms with Crippen molar-refractivity contribution >= 4 is 11.6 Å². The van der Waals surface area contributed by atoms with Crippen LogP contribution in [0.5, 0.6) is 0 Å². The van der Waals surface area contributed by atoms with Crippen LogP contribution in [0.2, 0.25) is 0 Å². The highest BCUT2D eigenvalue weighted by molar-refractivity contribution is 6.02. The fraction of sp³-hybridized carbons (Fsp3) is 0.333. The van der Waals surface area contributed by atoms with Crippen LogP contribution in [0.4, 0.5) is 0 Å². The lowest BCUT2D eigenvalue weighted by atomic mass is 10.0. The van der Waals surface area contributed by atoms with E-state index < -0.39 is 0 Å². The average Bonchev–Trinajstić information content (AvgIpc) is 2.97. The Kier molecular flexibility index (Phi) is 5.95. The van der Waals surface area contributed by atoms with Gasteiger partial charge in [-0.1, -0.05) is 50.1 Å². The van der Waals surface area contributed by atoms with Gasteiger partial charge in [-0.15, -0.1) is 0 Å². The van der Waals surface area contributed by atoms with Crippen LogP contribution in [-0.2, 0) is 0 Å². The highest BCUT2D eigenvalue weighted by Gasteiger charge is 2.11. The zero-order valence-electron chi connectivity index (χ0n) is 13.1. The molecule has 0 spiro atoms. The number of unbranched alkanes of at least 4 members (excludes halogenated alkanes) is 2. The van der Waals surface area contributed by atoms with Crippen molar-refractivity contribution in [1.82, 2.24) is 5.43 Å². The van der Waals surface area contributed by atoms with Crippen molar-refractivity contribution in [2.24, 2.45) is 5.10 Å². The molecule has 1 heterocycles. The number of nitrogens with zero attached hydrogens (tertiary/aromatic N) is 1. The maximum Gasteiger partial charge on any atom is 0.274 e. The van der Waals surface area contributed by atoms with Gasteiger partial charge in [0.2, 0.25) is 0 Å². The Balaban J connectivity index is 2.10. The SMILES string of the molecule is CCCCC/C(=N\NC(=O)c1ccoc1C)c1ccccc1. The third kappa shape index (κ3) is 4.32. The van der Waals surface area contributed by atoms with E-state index in [1.165, 1.54) is 6.26 Å². The van der Waals surface area contributed by atoms with Crippen LogP contribution >= 0.6 is 0 Å². The monoisotopic (exact) mass is 298 g/mol. The summed E-state index contributed by atoms with van der Waals surface area (Å²) >= 11 is 0. The molecular formula is C18H22N2O2. The van der Waals surface area contributed by atoms with Gasteiger partial charge in [-0.3, -0.25) is 4.79 Å². The van der Waals surface area contributed by atoms with Gasteiger partial charge in [0.25, 0.3) is 5.91 Å².